The van der Waals surface area contributed by atoms with Gasteiger partial charge in [0.2, 0.25) is 0 Å². The third kappa shape index (κ3) is 17.5. The van der Waals surface area contributed by atoms with E-state index in [4.69, 9.17) is 4.74 Å². The smallest absolute Gasteiger partial charge is 0.313 e. The number of carbonyl (C=O) groups is 2. The van der Waals surface area contributed by atoms with E-state index >= 15 is 0 Å². The molecule has 146 valence electrons. The fourth-order valence-electron chi connectivity index (χ4n) is 2.86. The summed E-state index contributed by atoms with van der Waals surface area (Å²) in [5.74, 6) is -0.519. The van der Waals surface area contributed by atoms with Gasteiger partial charge in [-0.05, 0) is 40.0 Å². The van der Waals surface area contributed by atoms with Gasteiger partial charge < -0.3 is 9.84 Å². The molecule has 0 bridgehead atoms. The fraction of sp³-hybridized carbons (Fsp3) is 0.810. The van der Waals surface area contributed by atoms with Crippen LogP contribution in [0.25, 0.3) is 0 Å². The Morgan fingerprint density at radius 1 is 0.960 bits per heavy atom. The number of aliphatic hydroxyl groups is 1. The Morgan fingerprint density at radius 2 is 1.52 bits per heavy atom. The van der Waals surface area contributed by atoms with Gasteiger partial charge >= 0.3 is 5.97 Å². The summed E-state index contributed by atoms with van der Waals surface area (Å²) in [4.78, 5) is 23.4. The monoisotopic (exact) mass is 354 g/mol. The third-order valence-electron chi connectivity index (χ3n) is 4.16. The van der Waals surface area contributed by atoms with E-state index in [0.29, 0.717) is 12.8 Å². The molecule has 0 spiro atoms. The molecule has 2 atom stereocenters. The first-order valence-corrected chi connectivity index (χ1v) is 9.96. The third-order valence-corrected chi connectivity index (χ3v) is 4.16. The van der Waals surface area contributed by atoms with Gasteiger partial charge in [0.15, 0.2) is 0 Å². The van der Waals surface area contributed by atoms with E-state index in [1.54, 1.807) is 13.8 Å². The second-order valence-electron chi connectivity index (χ2n) is 7.04. The Hall–Kier alpha value is -1.16. The second kappa shape index (κ2) is 16.3. The number of ether oxygens (including phenoxy) is 1. The van der Waals surface area contributed by atoms with E-state index in [1.807, 2.05) is 0 Å². The maximum atomic E-state index is 11.8. The van der Waals surface area contributed by atoms with E-state index in [0.717, 1.165) is 19.3 Å². The highest BCUT2D eigenvalue weighted by Crippen LogP contribution is 2.12. The summed E-state index contributed by atoms with van der Waals surface area (Å²) in [6.45, 7) is 5.45. The van der Waals surface area contributed by atoms with E-state index in [2.05, 4.69) is 19.1 Å². The minimum atomic E-state index is -0.508. The van der Waals surface area contributed by atoms with Gasteiger partial charge in [-0.2, -0.15) is 0 Å². The minimum absolute atomic E-state index is 0.0433. The van der Waals surface area contributed by atoms with Gasteiger partial charge in [0.25, 0.3) is 0 Å². The SMILES string of the molecule is C/C=C\CCCCCCCCCCC(=O)CC(=O)O[C@@H](C)C[C@H](C)O. The molecule has 0 radical (unpaired) electrons. The van der Waals surface area contributed by atoms with Gasteiger partial charge in [0, 0.05) is 12.8 Å². The predicted octanol–water partition coefficient (Wildman–Crippen LogP) is 5.13. The Morgan fingerprint density at radius 3 is 2.08 bits per heavy atom. The van der Waals surface area contributed by atoms with Crippen LogP contribution < -0.4 is 0 Å². The number of allylic oxidation sites excluding steroid dienone is 2. The fourth-order valence-corrected chi connectivity index (χ4v) is 2.86. The number of hydrogen-bond donors (Lipinski definition) is 1. The van der Waals surface area contributed by atoms with Crippen LogP contribution in [0.15, 0.2) is 12.2 Å². The van der Waals surface area contributed by atoms with Crippen LogP contribution in [0.1, 0.15) is 97.8 Å². The molecule has 0 saturated carbocycles. The summed E-state index contributed by atoms with van der Waals surface area (Å²) >= 11 is 0. The molecule has 0 aromatic heterocycles. The molecule has 0 saturated heterocycles. The van der Waals surface area contributed by atoms with Crippen LogP contribution in [0.2, 0.25) is 0 Å². The van der Waals surface area contributed by atoms with Crippen LogP contribution in [0.3, 0.4) is 0 Å². The maximum absolute atomic E-state index is 11.8. The molecule has 0 aliphatic heterocycles. The first kappa shape index (κ1) is 23.8. The lowest BCUT2D eigenvalue weighted by molar-refractivity contribution is -0.151. The zero-order chi connectivity index (χ0) is 18.9. The van der Waals surface area contributed by atoms with E-state index in [9.17, 15) is 14.7 Å². The van der Waals surface area contributed by atoms with Crippen molar-refractivity contribution in [1.82, 2.24) is 0 Å². The van der Waals surface area contributed by atoms with E-state index in [-0.39, 0.29) is 18.3 Å². The quantitative estimate of drug-likeness (QED) is 0.181. The van der Waals surface area contributed by atoms with Crippen molar-refractivity contribution < 1.29 is 19.4 Å². The molecule has 0 unspecified atom stereocenters. The molecule has 0 fully saturated rings. The molecule has 1 N–H and O–H groups in total. The van der Waals surface area contributed by atoms with Crippen molar-refractivity contribution in [2.24, 2.45) is 0 Å². The average Bonchev–Trinajstić information content (AvgIpc) is 2.51. The lowest BCUT2D eigenvalue weighted by Gasteiger charge is -2.14. The number of ketones is 1. The second-order valence-corrected chi connectivity index (χ2v) is 7.04. The van der Waals surface area contributed by atoms with Gasteiger partial charge in [-0.25, -0.2) is 0 Å². The molecule has 0 aromatic carbocycles. The van der Waals surface area contributed by atoms with Crippen LogP contribution in [0.4, 0.5) is 0 Å². The Balaban J connectivity index is 3.47. The van der Waals surface area contributed by atoms with Crippen LogP contribution in [0, 0.1) is 0 Å². The molecule has 4 nitrogen and oxygen atoms in total. The normalized spacial score (nSPS) is 13.8. The van der Waals surface area contributed by atoms with Crippen LogP contribution in [0.5, 0.6) is 0 Å². The molecule has 25 heavy (non-hydrogen) atoms. The van der Waals surface area contributed by atoms with Gasteiger partial charge in [-0.3, -0.25) is 9.59 Å². The highest BCUT2D eigenvalue weighted by atomic mass is 16.5. The average molecular weight is 355 g/mol. The summed E-state index contributed by atoms with van der Waals surface area (Å²) in [6.07, 6.45) is 14.9. The molecule has 0 aromatic rings. The van der Waals surface area contributed by atoms with Crippen LogP contribution >= 0.6 is 0 Å². The van der Waals surface area contributed by atoms with Gasteiger partial charge in [-0.15, -0.1) is 0 Å². The maximum Gasteiger partial charge on any atom is 0.313 e. The van der Waals surface area contributed by atoms with Crippen molar-refractivity contribution in [1.29, 1.82) is 0 Å². The highest BCUT2D eigenvalue weighted by Gasteiger charge is 2.15. The number of esters is 1. The molecular formula is C21H38O4. The summed E-state index contributed by atoms with van der Waals surface area (Å²) < 4.78 is 5.11. The number of rotatable bonds is 16. The van der Waals surface area contributed by atoms with Gasteiger partial charge in [0.1, 0.15) is 18.3 Å². The van der Waals surface area contributed by atoms with Crippen LogP contribution in [-0.2, 0) is 14.3 Å². The van der Waals surface area contributed by atoms with Crippen molar-refractivity contribution >= 4 is 11.8 Å². The summed E-state index contributed by atoms with van der Waals surface area (Å²) in [6, 6.07) is 0. The van der Waals surface area contributed by atoms with Crippen molar-refractivity contribution in [2.75, 3.05) is 0 Å². The molecule has 0 aliphatic carbocycles. The van der Waals surface area contributed by atoms with E-state index < -0.39 is 12.1 Å². The molecule has 4 heteroatoms. The van der Waals surface area contributed by atoms with Crippen LogP contribution in [-0.4, -0.2) is 29.1 Å². The summed E-state index contributed by atoms with van der Waals surface area (Å²) in [5.41, 5.74) is 0. The zero-order valence-electron chi connectivity index (χ0n) is 16.5. The lowest BCUT2D eigenvalue weighted by atomic mass is 10.0. The number of hydrogen-bond acceptors (Lipinski definition) is 4. The topological polar surface area (TPSA) is 63.6 Å². The largest absolute Gasteiger partial charge is 0.462 e. The lowest BCUT2D eigenvalue weighted by Crippen LogP contribution is -2.21. The Labute approximate surface area is 154 Å². The summed E-state index contributed by atoms with van der Waals surface area (Å²) in [5, 5.41) is 9.23. The van der Waals surface area contributed by atoms with Crippen molar-refractivity contribution in [3.05, 3.63) is 12.2 Å². The highest BCUT2D eigenvalue weighted by molar-refractivity contribution is 5.95. The molecule has 0 aliphatic rings. The van der Waals surface area contributed by atoms with Crippen molar-refractivity contribution in [3.8, 4) is 0 Å². The van der Waals surface area contributed by atoms with Gasteiger partial charge in [0.05, 0.1) is 6.10 Å². The first-order valence-electron chi connectivity index (χ1n) is 9.96. The number of aliphatic hydroxyl groups excluding tert-OH is 1. The summed E-state index contributed by atoms with van der Waals surface area (Å²) in [7, 11) is 0. The zero-order valence-corrected chi connectivity index (χ0v) is 16.5. The molecule has 0 rings (SSSR count). The van der Waals surface area contributed by atoms with E-state index in [1.165, 1.54) is 38.5 Å². The number of Topliss-reactive ketones (excluding diaryl/α,β-unsaturated/α-hetero) is 1. The first-order chi connectivity index (χ1) is 12.0. The predicted molar refractivity (Wildman–Crippen MR) is 102 cm³/mol. The van der Waals surface area contributed by atoms with Gasteiger partial charge in [-0.1, -0.05) is 50.7 Å². The minimum Gasteiger partial charge on any atom is -0.462 e. The standard InChI is InChI=1S/C21H38O4/c1-4-5-6-7-8-9-10-11-12-13-14-15-20(23)17-21(24)25-19(3)16-18(2)22/h4-5,18-19,22H,6-17H2,1-3H3/b5-4-/t18-,19-/m0/s1. The number of carbonyl (C=O) groups excluding carboxylic acids is 2. The molecule has 0 amide bonds. The Kier molecular flexibility index (Phi) is 15.6. The Bertz CT molecular complexity index is 374. The van der Waals surface area contributed by atoms with Crippen molar-refractivity contribution in [2.45, 2.75) is 110 Å². The molecular weight excluding hydrogens is 316 g/mol. The number of unbranched alkanes of at least 4 members (excludes halogenated alkanes) is 8. The molecule has 0 heterocycles. The van der Waals surface area contributed by atoms with Crippen molar-refractivity contribution in [3.63, 3.8) is 0 Å².